The smallest absolute Gasteiger partial charge is 0.334 e. The number of phosphoric acid groups is 2. The van der Waals surface area contributed by atoms with Crippen LogP contribution in [0.4, 0.5) is 0 Å². The van der Waals surface area contributed by atoms with Gasteiger partial charge in [-0.25, -0.2) is 14.8 Å². The van der Waals surface area contributed by atoms with Crippen molar-refractivity contribution in [2.24, 2.45) is 5.73 Å². The number of carbonyl (C=O) groups excluding carboxylic acids is 4. The Morgan fingerprint density at radius 3 is 1.71 bits per heavy atom. The molecule has 2 aromatic heterocycles. The zero-order valence-corrected chi connectivity index (χ0v) is 37.7. The average molecular weight is 930 g/mol. The number of aromatic nitrogens is 2. The van der Waals surface area contributed by atoms with Crippen LogP contribution in [-0.2, 0) is 51.2 Å². The monoisotopic (exact) mass is 929 g/mol. The van der Waals surface area contributed by atoms with Crippen LogP contribution in [0.1, 0.15) is 77.0 Å². The molecule has 0 spiro atoms. The summed E-state index contributed by atoms with van der Waals surface area (Å²) in [5.74, 6) is -0.208. The first-order chi connectivity index (χ1) is 27.8. The van der Waals surface area contributed by atoms with Crippen LogP contribution in [-0.4, -0.2) is 90.8 Å². The van der Waals surface area contributed by atoms with Crippen molar-refractivity contribution in [3.05, 3.63) is 48.8 Å². The highest BCUT2D eigenvalue weighted by Crippen LogP contribution is 2.37. The summed E-state index contributed by atoms with van der Waals surface area (Å²) in [5, 5.41) is 5.25. The van der Waals surface area contributed by atoms with Gasteiger partial charge in [0.05, 0.1) is 19.6 Å². The molecule has 3 heterocycles. The third-order valence-electron chi connectivity index (χ3n) is 7.00. The van der Waals surface area contributed by atoms with E-state index in [-0.39, 0.29) is 38.4 Å². The van der Waals surface area contributed by atoms with Gasteiger partial charge in [0.25, 0.3) is 27.5 Å². The summed E-state index contributed by atoms with van der Waals surface area (Å²) >= 11 is 0. The molecule has 1 aliphatic heterocycles. The molecule has 2 unspecified atom stereocenters. The van der Waals surface area contributed by atoms with Gasteiger partial charge in [0.1, 0.15) is 10.1 Å². The van der Waals surface area contributed by atoms with Crippen LogP contribution in [0.2, 0.25) is 0 Å². The number of amides is 3. The van der Waals surface area contributed by atoms with Gasteiger partial charge < -0.3 is 43.8 Å². The third-order valence-corrected chi connectivity index (χ3v) is 13.4. The summed E-state index contributed by atoms with van der Waals surface area (Å²) in [6, 6.07) is 11.3. The Kier molecular flexibility index (Phi) is 31.3. The van der Waals surface area contributed by atoms with Gasteiger partial charge in [-0.15, -0.1) is 5.06 Å². The van der Waals surface area contributed by atoms with E-state index in [1.807, 2.05) is 36.4 Å². The maximum Gasteiger partial charge on any atom is 0.334 e. The van der Waals surface area contributed by atoms with E-state index in [0.29, 0.717) is 36.7 Å². The molecule has 0 aliphatic carbocycles. The molecular weight excluding hydrogens is 877 g/mol. The quantitative estimate of drug-likeness (QED) is 0.0463. The number of imide groups is 1. The number of hydroxylamine groups is 2. The lowest BCUT2D eigenvalue weighted by molar-refractivity contribution is -0.224. The third kappa shape index (κ3) is 29.2. The van der Waals surface area contributed by atoms with Crippen molar-refractivity contribution in [2.45, 2.75) is 87.1 Å². The highest BCUT2D eigenvalue weighted by Gasteiger charge is 2.32. The number of nitrogens with one attached hydrogen (secondary N) is 1. The minimum absolute atomic E-state index is 0.0462. The standard InChI is InChI=1S/C15H25N2O5PS2.C12H12N2O4S2.C7H18NO4P/c1-21-23(19,20)22-12-7-3-2-5-10-16-14(18)9-13-24-25-15-8-4-6-11-17-15;15-10-4-5-11(16)14(10)18-12(17)6-8-19-20-9-3-1-2-7-13-9;1-11-13(9,10)12-7-5-3-2-4-6-8/h4,6,8,11H,2-3,5,7,9-10,12-13H2,1H3,(H,16,18)(H,19,20);1-3,7H,4-6,8H2;2-8H2,1H3,(H,9,10)/p-2. The fraction of sp³-hybridized carbons (Fsp3) is 0.588. The number of unbranched alkanes of at least 4 members (excludes halogenated alkanes) is 6. The van der Waals surface area contributed by atoms with Crippen molar-refractivity contribution in [3.63, 3.8) is 0 Å². The summed E-state index contributed by atoms with van der Waals surface area (Å²) < 4.78 is 39.0. The van der Waals surface area contributed by atoms with E-state index in [2.05, 4.69) is 33.4 Å². The minimum atomic E-state index is -4.10. The van der Waals surface area contributed by atoms with E-state index in [1.54, 1.807) is 34.0 Å². The molecular formula is C34H53N5O13P2S4-2. The lowest BCUT2D eigenvalue weighted by Crippen LogP contribution is -2.32. The van der Waals surface area contributed by atoms with E-state index < -0.39 is 33.4 Å². The molecule has 2 atom stereocenters. The highest BCUT2D eigenvalue weighted by atomic mass is 33.1. The van der Waals surface area contributed by atoms with Gasteiger partial charge >= 0.3 is 5.97 Å². The van der Waals surface area contributed by atoms with Crippen LogP contribution in [0.25, 0.3) is 0 Å². The molecule has 328 valence electrons. The van der Waals surface area contributed by atoms with E-state index in [1.165, 1.54) is 21.6 Å². The first-order valence-electron chi connectivity index (χ1n) is 18.3. The Labute approximate surface area is 355 Å². The first kappa shape index (κ1) is 54.0. The number of hydrogen-bond acceptors (Lipinski definition) is 20. The zero-order chi connectivity index (χ0) is 42.9. The summed E-state index contributed by atoms with van der Waals surface area (Å²) in [7, 11) is 0.157. The number of phosphoric ester groups is 2. The van der Waals surface area contributed by atoms with Gasteiger partial charge in [-0.05, 0) is 78.1 Å². The number of rotatable bonds is 28. The predicted molar refractivity (Wildman–Crippen MR) is 222 cm³/mol. The second-order valence-electron chi connectivity index (χ2n) is 11.6. The predicted octanol–water partition coefficient (Wildman–Crippen LogP) is 5.48. The molecule has 58 heavy (non-hydrogen) atoms. The van der Waals surface area contributed by atoms with Gasteiger partial charge in [0.15, 0.2) is 0 Å². The van der Waals surface area contributed by atoms with E-state index in [0.717, 1.165) is 75.0 Å². The summed E-state index contributed by atoms with van der Waals surface area (Å²) in [6.07, 6.45) is 11.2. The van der Waals surface area contributed by atoms with Crippen LogP contribution in [0, 0.1) is 0 Å². The molecule has 1 fully saturated rings. The number of hydrogen-bond donors (Lipinski definition) is 2. The zero-order valence-electron chi connectivity index (χ0n) is 32.6. The van der Waals surface area contributed by atoms with E-state index >= 15 is 0 Å². The summed E-state index contributed by atoms with van der Waals surface area (Å²) in [6.45, 7) is 1.64. The van der Waals surface area contributed by atoms with Crippen molar-refractivity contribution in [2.75, 3.05) is 52.0 Å². The fourth-order valence-electron chi connectivity index (χ4n) is 4.02. The maximum absolute atomic E-state index is 11.7. The Bertz CT molecular complexity index is 1530. The molecule has 1 saturated heterocycles. The first-order valence-corrected chi connectivity index (χ1v) is 25.8. The molecule has 0 aromatic carbocycles. The molecule has 2 aromatic rings. The van der Waals surface area contributed by atoms with Crippen molar-refractivity contribution in [1.29, 1.82) is 0 Å². The van der Waals surface area contributed by atoms with E-state index in [9.17, 15) is 38.1 Å². The van der Waals surface area contributed by atoms with Crippen molar-refractivity contribution in [3.8, 4) is 0 Å². The summed E-state index contributed by atoms with van der Waals surface area (Å²) in [4.78, 5) is 80.3. The number of pyridine rings is 2. The van der Waals surface area contributed by atoms with Gasteiger partial charge in [0, 0.05) is 63.9 Å². The molecule has 24 heteroatoms. The van der Waals surface area contributed by atoms with Crippen LogP contribution in [0.15, 0.2) is 58.8 Å². The molecule has 0 saturated carbocycles. The number of nitrogens with two attached hydrogens (primary N) is 1. The van der Waals surface area contributed by atoms with Crippen LogP contribution < -0.4 is 20.8 Å². The van der Waals surface area contributed by atoms with Crippen LogP contribution in [0.5, 0.6) is 0 Å². The number of nitrogens with zero attached hydrogens (tertiary/aromatic N) is 3. The van der Waals surface area contributed by atoms with Gasteiger partial charge in [-0.1, -0.05) is 59.4 Å². The molecule has 3 rings (SSSR count). The Balaban J connectivity index is 0.000000457. The van der Waals surface area contributed by atoms with Gasteiger partial charge in [-0.3, -0.25) is 23.5 Å². The van der Waals surface area contributed by atoms with Crippen LogP contribution >= 0.6 is 58.8 Å². The molecule has 18 nitrogen and oxygen atoms in total. The van der Waals surface area contributed by atoms with Gasteiger partial charge in [0.2, 0.25) is 5.91 Å². The van der Waals surface area contributed by atoms with Crippen molar-refractivity contribution in [1.82, 2.24) is 20.3 Å². The molecule has 3 amide bonds. The molecule has 1 aliphatic rings. The lowest BCUT2D eigenvalue weighted by Gasteiger charge is -2.19. The Morgan fingerprint density at radius 2 is 1.24 bits per heavy atom. The summed E-state index contributed by atoms with van der Waals surface area (Å²) in [5.41, 5.74) is 5.29. The number of carbonyl (C=O) groups is 4. The van der Waals surface area contributed by atoms with E-state index in [4.69, 9.17) is 10.6 Å². The average Bonchev–Trinajstić information content (AvgIpc) is 3.53. The molecule has 0 bridgehead atoms. The topological polar surface area (TPSA) is 262 Å². The van der Waals surface area contributed by atoms with Crippen molar-refractivity contribution >= 4 is 82.5 Å². The maximum atomic E-state index is 11.7. The Morgan fingerprint density at radius 1 is 0.759 bits per heavy atom. The molecule has 0 radical (unpaired) electrons. The second-order valence-corrected chi connectivity index (χ2v) is 19.5. The SMILES string of the molecule is COP(=O)([O-])OCCCCCCN.COP(=O)([O-])OCCCCCCNC(=O)CCSSc1ccccn1.O=C(CCSSc1ccccn1)ON1C(=O)CCC1=O. The normalized spacial score (nSPS) is 14.3. The fourth-order valence-corrected chi connectivity index (χ4v) is 8.65. The van der Waals surface area contributed by atoms with Gasteiger partial charge in [-0.2, -0.15) is 0 Å². The van der Waals surface area contributed by atoms with Crippen LogP contribution in [0.3, 0.4) is 0 Å². The van der Waals surface area contributed by atoms with Crippen molar-refractivity contribution < 1.29 is 61.0 Å². The second kappa shape index (κ2) is 33.7. The lowest BCUT2D eigenvalue weighted by atomic mass is 10.2. The highest BCUT2D eigenvalue weighted by molar-refractivity contribution is 8.77. The molecule has 3 N–H and O–H groups in total. The largest absolute Gasteiger partial charge is 0.756 e. The Hall–Kier alpha value is -2.04. The minimum Gasteiger partial charge on any atom is -0.756 e.